The fourth-order valence-corrected chi connectivity index (χ4v) is 1.89. The molecule has 2 aromatic rings. The first-order chi connectivity index (χ1) is 7.16. The molecular formula is C11H12BrN3. The van der Waals surface area contributed by atoms with E-state index >= 15 is 0 Å². The van der Waals surface area contributed by atoms with Crippen LogP contribution in [0.2, 0.25) is 0 Å². The Labute approximate surface area is 97.0 Å². The van der Waals surface area contributed by atoms with E-state index in [9.17, 15) is 0 Å². The number of benzene rings is 1. The van der Waals surface area contributed by atoms with Gasteiger partial charge in [0.1, 0.15) is 0 Å². The van der Waals surface area contributed by atoms with Crippen LogP contribution in [0.3, 0.4) is 0 Å². The van der Waals surface area contributed by atoms with Gasteiger partial charge in [-0.25, -0.2) is 0 Å². The molecule has 15 heavy (non-hydrogen) atoms. The summed E-state index contributed by atoms with van der Waals surface area (Å²) in [6.07, 6.45) is 1.90. The van der Waals surface area contributed by atoms with Crippen molar-refractivity contribution >= 4 is 15.9 Å². The van der Waals surface area contributed by atoms with Gasteiger partial charge < -0.3 is 5.73 Å². The summed E-state index contributed by atoms with van der Waals surface area (Å²) in [6.45, 7) is 0. The van der Waals surface area contributed by atoms with Crippen molar-refractivity contribution in [2.45, 2.75) is 6.04 Å². The van der Waals surface area contributed by atoms with E-state index in [-0.39, 0.29) is 6.04 Å². The Bertz CT molecular complexity index is 464. The molecule has 0 saturated carbocycles. The Morgan fingerprint density at radius 2 is 2.20 bits per heavy atom. The summed E-state index contributed by atoms with van der Waals surface area (Å²) in [5.41, 5.74) is 8.05. The van der Waals surface area contributed by atoms with Crippen LogP contribution in [0.15, 0.2) is 41.0 Å². The molecule has 0 amide bonds. The highest BCUT2D eigenvalue weighted by atomic mass is 79.9. The first-order valence-electron chi connectivity index (χ1n) is 4.67. The maximum atomic E-state index is 6.10. The number of nitrogens with zero attached hydrogens (tertiary/aromatic N) is 2. The number of hydrogen-bond donors (Lipinski definition) is 1. The molecule has 3 nitrogen and oxygen atoms in total. The quantitative estimate of drug-likeness (QED) is 0.905. The molecular weight excluding hydrogens is 254 g/mol. The summed E-state index contributed by atoms with van der Waals surface area (Å²) in [5, 5.41) is 4.29. The summed E-state index contributed by atoms with van der Waals surface area (Å²) < 4.78 is 2.79. The highest BCUT2D eigenvalue weighted by Gasteiger charge is 2.11. The second kappa shape index (κ2) is 4.16. The van der Waals surface area contributed by atoms with Gasteiger partial charge in [-0.3, -0.25) is 4.68 Å². The van der Waals surface area contributed by atoms with Gasteiger partial charge in [0.25, 0.3) is 0 Å². The van der Waals surface area contributed by atoms with Crippen LogP contribution < -0.4 is 5.73 Å². The van der Waals surface area contributed by atoms with Crippen molar-refractivity contribution in [2.75, 3.05) is 0 Å². The normalized spacial score (nSPS) is 12.7. The molecule has 0 saturated heterocycles. The maximum Gasteiger partial charge on any atom is 0.0837 e. The lowest BCUT2D eigenvalue weighted by Gasteiger charge is -2.09. The fourth-order valence-electron chi connectivity index (χ4n) is 1.47. The van der Waals surface area contributed by atoms with Crippen molar-refractivity contribution in [3.8, 4) is 0 Å². The first-order valence-corrected chi connectivity index (χ1v) is 5.47. The smallest absolute Gasteiger partial charge is 0.0837 e. The van der Waals surface area contributed by atoms with Crippen molar-refractivity contribution in [1.82, 2.24) is 9.78 Å². The third-order valence-corrected chi connectivity index (χ3v) is 2.75. The molecule has 0 fully saturated rings. The molecule has 2 rings (SSSR count). The summed E-state index contributed by atoms with van der Waals surface area (Å²) >= 11 is 3.43. The van der Waals surface area contributed by atoms with Crippen molar-refractivity contribution in [2.24, 2.45) is 12.8 Å². The minimum Gasteiger partial charge on any atom is -0.319 e. The lowest BCUT2D eigenvalue weighted by molar-refractivity contribution is 0.716. The van der Waals surface area contributed by atoms with E-state index in [0.29, 0.717) is 0 Å². The molecule has 1 atom stereocenters. The van der Waals surface area contributed by atoms with E-state index in [2.05, 4.69) is 21.0 Å². The number of hydrogen-bond acceptors (Lipinski definition) is 2. The van der Waals surface area contributed by atoms with Gasteiger partial charge in [-0.05, 0) is 23.8 Å². The van der Waals surface area contributed by atoms with Crippen molar-refractivity contribution < 1.29 is 0 Å². The van der Waals surface area contributed by atoms with Gasteiger partial charge in [0, 0.05) is 17.7 Å². The highest BCUT2D eigenvalue weighted by molar-refractivity contribution is 9.10. The van der Waals surface area contributed by atoms with Gasteiger partial charge in [0.15, 0.2) is 0 Å². The van der Waals surface area contributed by atoms with E-state index in [1.54, 1.807) is 4.68 Å². The number of aryl methyl sites for hydroxylation is 1. The summed E-state index contributed by atoms with van der Waals surface area (Å²) in [4.78, 5) is 0. The zero-order valence-corrected chi connectivity index (χ0v) is 9.98. The van der Waals surface area contributed by atoms with Gasteiger partial charge in [0.2, 0.25) is 0 Å². The topological polar surface area (TPSA) is 43.8 Å². The van der Waals surface area contributed by atoms with Crippen LogP contribution in [0.4, 0.5) is 0 Å². The fraction of sp³-hybridized carbons (Fsp3) is 0.182. The Morgan fingerprint density at radius 3 is 2.80 bits per heavy atom. The highest BCUT2D eigenvalue weighted by Crippen LogP contribution is 2.20. The number of aromatic nitrogens is 2. The van der Waals surface area contributed by atoms with Gasteiger partial charge in [-0.1, -0.05) is 28.1 Å². The maximum absolute atomic E-state index is 6.10. The number of nitrogens with two attached hydrogens (primary N) is 1. The van der Waals surface area contributed by atoms with Crippen LogP contribution in [-0.4, -0.2) is 9.78 Å². The Kier molecular flexibility index (Phi) is 2.88. The number of rotatable bonds is 2. The predicted molar refractivity (Wildman–Crippen MR) is 63.4 cm³/mol. The SMILES string of the molecule is Cn1ccc(C(N)c2cccc(Br)c2)n1. The Hall–Kier alpha value is -1.13. The zero-order chi connectivity index (χ0) is 10.8. The van der Waals surface area contributed by atoms with E-state index in [4.69, 9.17) is 5.73 Å². The Morgan fingerprint density at radius 1 is 1.40 bits per heavy atom. The molecule has 0 aliphatic carbocycles. The molecule has 4 heteroatoms. The second-order valence-electron chi connectivity index (χ2n) is 3.45. The largest absolute Gasteiger partial charge is 0.319 e. The second-order valence-corrected chi connectivity index (χ2v) is 4.36. The molecule has 1 heterocycles. The molecule has 0 radical (unpaired) electrons. The summed E-state index contributed by atoms with van der Waals surface area (Å²) in [5.74, 6) is 0. The third-order valence-electron chi connectivity index (χ3n) is 2.26. The van der Waals surface area contributed by atoms with Gasteiger partial charge in [-0.2, -0.15) is 5.10 Å². The van der Waals surface area contributed by atoms with E-state index in [1.165, 1.54) is 0 Å². The predicted octanol–water partition coefficient (Wildman–Crippen LogP) is 2.23. The van der Waals surface area contributed by atoms with Gasteiger partial charge >= 0.3 is 0 Å². The molecule has 78 valence electrons. The lowest BCUT2D eigenvalue weighted by Crippen LogP contribution is -2.12. The van der Waals surface area contributed by atoms with Crippen LogP contribution in [0.5, 0.6) is 0 Å². The van der Waals surface area contributed by atoms with Crippen LogP contribution in [-0.2, 0) is 7.05 Å². The average molecular weight is 266 g/mol. The molecule has 1 unspecified atom stereocenters. The van der Waals surface area contributed by atoms with Crippen LogP contribution in [0, 0.1) is 0 Å². The molecule has 2 N–H and O–H groups in total. The van der Waals surface area contributed by atoms with Crippen LogP contribution in [0.1, 0.15) is 17.3 Å². The molecule has 0 spiro atoms. The van der Waals surface area contributed by atoms with E-state index in [1.807, 2.05) is 43.6 Å². The third kappa shape index (κ3) is 2.27. The molecule has 0 aliphatic rings. The molecule has 0 bridgehead atoms. The van der Waals surface area contributed by atoms with Crippen LogP contribution in [0.25, 0.3) is 0 Å². The molecule has 1 aromatic heterocycles. The minimum atomic E-state index is -0.163. The summed E-state index contributed by atoms with van der Waals surface area (Å²) in [7, 11) is 1.89. The van der Waals surface area contributed by atoms with E-state index in [0.717, 1.165) is 15.7 Å². The molecule has 1 aromatic carbocycles. The number of halogens is 1. The average Bonchev–Trinajstić information content (AvgIpc) is 2.64. The zero-order valence-electron chi connectivity index (χ0n) is 8.39. The molecule has 0 aliphatic heterocycles. The van der Waals surface area contributed by atoms with Crippen molar-refractivity contribution in [3.05, 3.63) is 52.3 Å². The van der Waals surface area contributed by atoms with Crippen molar-refractivity contribution in [3.63, 3.8) is 0 Å². The monoisotopic (exact) mass is 265 g/mol. The van der Waals surface area contributed by atoms with Crippen molar-refractivity contribution in [1.29, 1.82) is 0 Å². The lowest BCUT2D eigenvalue weighted by atomic mass is 10.1. The van der Waals surface area contributed by atoms with Gasteiger partial charge in [0.05, 0.1) is 11.7 Å². The first kappa shape index (κ1) is 10.4. The van der Waals surface area contributed by atoms with E-state index < -0.39 is 0 Å². The Balaban J connectivity index is 2.32. The van der Waals surface area contributed by atoms with Gasteiger partial charge in [-0.15, -0.1) is 0 Å². The van der Waals surface area contributed by atoms with Crippen LogP contribution >= 0.6 is 15.9 Å². The minimum absolute atomic E-state index is 0.163. The summed E-state index contributed by atoms with van der Waals surface area (Å²) in [6, 6.07) is 9.75. The standard InChI is InChI=1S/C11H12BrN3/c1-15-6-5-10(14-15)11(13)8-3-2-4-9(12)7-8/h2-7,11H,13H2,1H3.